The van der Waals surface area contributed by atoms with Crippen LogP contribution in [0.25, 0.3) is 0 Å². The lowest BCUT2D eigenvalue weighted by Crippen LogP contribution is -2.36. The van der Waals surface area contributed by atoms with Crippen LogP contribution in [0.2, 0.25) is 0 Å². The van der Waals surface area contributed by atoms with E-state index in [-0.39, 0.29) is 12.1 Å². The standard InChI is InChI=1S/C13H12FNO3/c1-3-6-15(8-12(16)17)13(18)10-5-4-9(2)11(14)7-10/h1,4-5,7H,6,8H2,2H3,(H,16,17). The Bertz CT molecular complexity index is 519. The molecule has 0 heterocycles. The van der Waals surface area contributed by atoms with Gasteiger partial charge in [0.25, 0.3) is 5.91 Å². The van der Waals surface area contributed by atoms with Crippen molar-refractivity contribution in [1.29, 1.82) is 0 Å². The SMILES string of the molecule is C#CCN(CC(=O)O)C(=O)c1ccc(C)c(F)c1. The Morgan fingerprint density at radius 2 is 2.17 bits per heavy atom. The quantitative estimate of drug-likeness (QED) is 0.818. The van der Waals surface area contributed by atoms with Crippen molar-refractivity contribution >= 4 is 11.9 Å². The normalized spacial score (nSPS) is 9.61. The van der Waals surface area contributed by atoms with Crippen LogP contribution in [0.1, 0.15) is 15.9 Å². The van der Waals surface area contributed by atoms with Crippen LogP contribution < -0.4 is 0 Å². The number of carbonyl (C=O) groups excluding carboxylic acids is 1. The van der Waals surface area contributed by atoms with Gasteiger partial charge in [-0.3, -0.25) is 9.59 Å². The number of terminal acetylenes is 1. The zero-order valence-electron chi connectivity index (χ0n) is 9.81. The summed E-state index contributed by atoms with van der Waals surface area (Å²) in [4.78, 5) is 23.5. The smallest absolute Gasteiger partial charge is 0.323 e. The molecule has 0 saturated heterocycles. The summed E-state index contributed by atoms with van der Waals surface area (Å²) < 4.78 is 13.3. The average molecular weight is 249 g/mol. The number of hydrogen-bond donors (Lipinski definition) is 1. The molecule has 0 unspecified atom stereocenters. The van der Waals surface area contributed by atoms with E-state index in [1.807, 2.05) is 0 Å². The van der Waals surface area contributed by atoms with E-state index < -0.39 is 24.2 Å². The lowest BCUT2D eigenvalue weighted by Gasteiger charge is -2.18. The van der Waals surface area contributed by atoms with Gasteiger partial charge in [0.15, 0.2) is 0 Å². The molecule has 5 heteroatoms. The van der Waals surface area contributed by atoms with E-state index in [4.69, 9.17) is 11.5 Å². The number of rotatable bonds is 4. The number of carboxylic acid groups (broad SMARTS) is 1. The molecule has 0 aliphatic carbocycles. The van der Waals surface area contributed by atoms with Gasteiger partial charge in [0.1, 0.15) is 12.4 Å². The Morgan fingerprint density at radius 1 is 1.50 bits per heavy atom. The molecular weight excluding hydrogens is 237 g/mol. The minimum absolute atomic E-state index is 0.0783. The molecule has 94 valence electrons. The Balaban J connectivity index is 2.98. The van der Waals surface area contributed by atoms with E-state index in [1.54, 1.807) is 6.92 Å². The van der Waals surface area contributed by atoms with Gasteiger partial charge in [-0.2, -0.15) is 0 Å². The van der Waals surface area contributed by atoms with Crippen LogP contribution in [0.4, 0.5) is 4.39 Å². The first kappa shape index (κ1) is 13.7. The van der Waals surface area contributed by atoms with Crippen molar-refractivity contribution in [3.8, 4) is 12.3 Å². The summed E-state index contributed by atoms with van der Waals surface area (Å²) in [5.41, 5.74) is 0.489. The van der Waals surface area contributed by atoms with Crippen LogP contribution in [0, 0.1) is 25.1 Å². The lowest BCUT2D eigenvalue weighted by atomic mass is 10.1. The van der Waals surface area contributed by atoms with Gasteiger partial charge in [0, 0.05) is 5.56 Å². The van der Waals surface area contributed by atoms with Crippen LogP contribution >= 0.6 is 0 Å². The maximum atomic E-state index is 13.3. The number of aryl methyl sites for hydroxylation is 1. The van der Waals surface area contributed by atoms with E-state index in [2.05, 4.69) is 5.92 Å². The molecule has 0 radical (unpaired) electrons. The molecule has 18 heavy (non-hydrogen) atoms. The van der Waals surface area contributed by atoms with E-state index >= 15 is 0 Å². The second kappa shape index (κ2) is 5.82. The van der Waals surface area contributed by atoms with Crippen LogP contribution in [-0.2, 0) is 4.79 Å². The largest absolute Gasteiger partial charge is 0.480 e. The topological polar surface area (TPSA) is 57.6 Å². The summed E-state index contributed by atoms with van der Waals surface area (Å²) in [6, 6.07) is 3.96. The molecular formula is C13H12FNO3. The number of carboxylic acids is 1. The third-order valence-corrected chi connectivity index (χ3v) is 2.31. The molecule has 0 atom stereocenters. The van der Waals surface area contributed by atoms with Gasteiger partial charge in [0.2, 0.25) is 0 Å². The maximum absolute atomic E-state index is 13.3. The summed E-state index contributed by atoms with van der Waals surface area (Å²) in [5.74, 6) is -0.0964. The zero-order chi connectivity index (χ0) is 13.7. The molecule has 4 nitrogen and oxygen atoms in total. The Hall–Kier alpha value is -2.35. The monoisotopic (exact) mass is 249 g/mol. The number of aliphatic carboxylic acids is 1. The first-order valence-corrected chi connectivity index (χ1v) is 5.16. The molecule has 0 fully saturated rings. The molecule has 0 aliphatic heterocycles. The van der Waals surface area contributed by atoms with Crippen molar-refractivity contribution in [3.63, 3.8) is 0 Å². The van der Waals surface area contributed by atoms with Gasteiger partial charge in [-0.25, -0.2) is 4.39 Å². The van der Waals surface area contributed by atoms with Gasteiger partial charge < -0.3 is 10.0 Å². The Labute approximate surface area is 104 Å². The zero-order valence-corrected chi connectivity index (χ0v) is 9.81. The number of nitrogens with zero attached hydrogens (tertiary/aromatic N) is 1. The Kier molecular flexibility index (Phi) is 4.44. The number of amides is 1. The number of carbonyl (C=O) groups is 2. The second-order valence-electron chi connectivity index (χ2n) is 3.72. The highest BCUT2D eigenvalue weighted by molar-refractivity contribution is 5.96. The molecule has 0 bridgehead atoms. The molecule has 1 rings (SSSR count). The maximum Gasteiger partial charge on any atom is 0.323 e. The van der Waals surface area contributed by atoms with E-state index in [0.717, 1.165) is 11.0 Å². The molecule has 1 aromatic rings. The molecule has 0 aromatic heterocycles. The van der Waals surface area contributed by atoms with Crippen molar-refractivity contribution in [2.45, 2.75) is 6.92 Å². The lowest BCUT2D eigenvalue weighted by molar-refractivity contribution is -0.137. The fraction of sp³-hybridized carbons (Fsp3) is 0.231. The highest BCUT2D eigenvalue weighted by Gasteiger charge is 2.18. The molecule has 1 aromatic carbocycles. The predicted molar refractivity (Wildman–Crippen MR) is 63.5 cm³/mol. The van der Waals surface area contributed by atoms with Crippen LogP contribution in [-0.4, -0.2) is 35.0 Å². The van der Waals surface area contributed by atoms with E-state index in [1.165, 1.54) is 12.1 Å². The fourth-order valence-corrected chi connectivity index (χ4v) is 1.38. The first-order chi connectivity index (χ1) is 8.45. The van der Waals surface area contributed by atoms with Crippen molar-refractivity contribution in [3.05, 3.63) is 35.1 Å². The van der Waals surface area contributed by atoms with Crippen LogP contribution in [0.5, 0.6) is 0 Å². The minimum Gasteiger partial charge on any atom is -0.480 e. The van der Waals surface area contributed by atoms with E-state index in [0.29, 0.717) is 5.56 Å². The van der Waals surface area contributed by atoms with Crippen LogP contribution in [0.15, 0.2) is 18.2 Å². The summed E-state index contributed by atoms with van der Waals surface area (Å²) in [6.45, 7) is 0.916. The summed E-state index contributed by atoms with van der Waals surface area (Å²) in [6.07, 6.45) is 5.06. The molecule has 0 saturated carbocycles. The van der Waals surface area contributed by atoms with Crippen molar-refractivity contribution in [1.82, 2.24) is 4.90 Å². The van der Waals surface area contributed by atoms with Gasteiger partial charge in [0.05, 0.1) is 6.54 Å². The van der Waals surface area contributed by atoms with Gasteiger partial charge in [-0.15, -0.1) is 6.42 Å². The van der Waals surface area contributed by atoms with Crippen LogP contribution in [0.3, 0.4) is 0 Å². The highest BCUT2D eigenvalue weighted by Crippen LogP contribution is 2.11. The van der Waals surface area contributed by atoms with Crippen molar-refractivity contribution in [2.75, 3.05) is 13.1 Å². The number of hydrogen-bond acceptors (Lipinski definition) is 2. The van der Waals surface area contributed by atoms with Crippen molar-refractivity contribution in [2.24, 2.45) is 0 Å². The summed E-state index contributed by atoms with van der Waals surface area (Å²) >= 11 is 0. The molecule has 1 amide bonds. The highest BCUT2D eigenvalue weighted by atomic mass is 19.1. The van der Waals surface area contributed by atoms with E-state index in [9.17, 15) is 14.0 Å². The number of benzene rings is 1. The van der Waals surface area contributed by atoms with Gasteiger partial charge in [-0.1, -0.05) is 12.0 Å². The number of halogens is 1. The Morgan fingerprint density at radius 3 is 2.67 bits per heavy atom. The van der Waals surface area contributed by atoms with Gasteiger partial charge in [-0.05, 0) is 24.6 Å². The molecule has 0 aliphatic rings. The minimum atomic E-state index is -1.17. The van der Waals surface area contributed by atoms with Gasteiger partial charge >= 0.3 is 5.97 Å². The predicted octanol–water partition coefficient (Wildman–Crippen LogP) is 1.29. The fourth-order valence-electron chi connectivity index (χ4n) is 1.38. The van der Waals surface area contributed by atoms with Crippen molar-refractivity contribution < 1.29 is 19.1 Å². The third kappa shape index (κ3) is 3.32. The molecule has 0 spiro atoms. The summed E-state index contributed by atoms with van der Waals surface area (Å²) in [7, 11) is 0. The first-order valence-electron chi connectivity index (χ1n) is 5.16. The second-order valence-corrected chi connectivity index (χ2v) is 3.72. The molecule has 1 N–H and O–H groups in total. The third-order valence-electron chi connectivity index (χ3n) is 2.31. The average Bonchev–Trinajstić information content (AvgIpc) is 2.31. The summed E-state index contributed by atoms with van der Waals surface area (Å²) in [5, 5.41) is 8.67.